The number of rotatable bonds is 8. The largest absolute Gasteiger partial charge is 0.502 e. The van der Waals surface area contributed by atoms with Crippen LogP contribution in [0.15, 0.2) is 63.6 Å². The standard InChI is InChI=1S/C12H14O4S.C6H10O3.C5H8O2/c1-3-4-11(12(13)14)17(15,16)10-7-5-9(2)6-8-10;1-2-3-4-5(7)6(8)9;1-3-4(2)5(6)7/h4-8H,3H2,1-2H3,(H,13,14);4,7H,2-3H2,1H3,(H,8,9);3H,1-2H3,(H,6,7)/b11-4+;5-4-;4-3+. The van der Waals surface area contributed by atoms with E-state index in [1.54, 1.807) is 39.0 Å². The van der Waals surface area contributed by atoms with Crippen LogP contribution >= 0.6 is 0 Å². The zero-order valence-corrected chi connectivity index (χ0v) is 20.2. The van der Waals surface area contributed by atoms with Gasteiger partial charge >= 0.3 is 17.9 Å². The number of aryl methyl sites for hydroxylation is 1. The second-order valence-corrected chi connectivity index (χ2v) is 8.48. The number of allylic oxidation sites excluding steroid dienone is 3. The Morgan fingerprint density at radius 1 is 0.879 bits per heavy atom. The Morgan fingerprint density at radius 3 is 1.70 bits per heavy atom. The number of carboxylic acid groups (broad SMARTS) is 3. The highest BCUT2D eigenvalue weighted by atomic mass is 32.2. The molecule has 0 saturated heterocycles. The van der Waals surface area contributed by atoms with Crippen LogP contribution in [-0.2, 0) is 24.2 Å². The van der Waals surface area contributed by atoms with Gasteiger partial charge in [-0.05, 0) is 51.8 Å². The van der Waals surface area contributed by atoms with Crippen molar-refractivity contribution in [3.63, 3.8) is 0 Å². The van der Waals surface area contributed by atoms with Crippen LogP contribution in [0, 0.1) is 6.92 Å². The van der Waals surface area contributed by atoms with Gasteiger partial charge in [0.05, 0.1) is 4.90 Å². The second kappa shape index (κ2) is 16.3. The quantitative estimate of drug-likeness (QED) is 0.307. The zero-order chi connectivity index (χ0) is 26.2. The maximum Gasteiger partial charge on any atom is 0.370 e. The predicted molar refractivity (Wildman–Crippen MR) is 125 cm³/mol. The lowest BCUT2D eigenvalue weighted by molar-refractivity contribution is -0.135. The van der Waals surface area contributed by atoms with Crippen molar-refractivity contribution in [1.82, 2.24) is 0 Å². The van der Waals surface area contributed by atoms with E-state index in [2.05, 4.69) is 0 Å². The number of carbonyl (C=O) groups is 3. The molecule has 0 saturated carbocycles. The van der Waals surface area contributed by atoms with E-state index in [-0.39, 0.29) is 4.90 Å². The molecular formula is C23H32O9S. The molecule has 1 aromatic carbocycles. The Labute approximate surface area is 194 Å². The number of hydrogen-bond donors (Lipinski definition) is 4. The molecule has 0 aliphatic carbocycles. The first-order chi connectivity index (χ1) is 15.3. The summed E-state index contributed by atoms with van der Waals surface area (Å²) in [7, 11) is -3.92. The third-order valence-electron chi connectivity index (χ3n) is 3.84. The second-order valence-electron chi connectivity index (χ2n) is 6.56. The fourth-order valence-electron chi connectivity index (χ4n) is 1.83. The molecule has 0 radical (unpaired) electrons. The molecule has 0 amide bonds. The summed E-state index contributed by atoms with van der Waals surface area (Å²) in [5, 5.41) is 33.6. The van der Waals surface area contributed by atoms with E-state index in [1.807, 2.05) is 13.8 Å². The Hall–Kier alpha value is -3.40. The lowest BCUT2D eigenvalue weighted by Gasteiger charge is -2.05. The monoisotopic (exact) mass is 484 g/mol. The lowest BCUT2D eigenvalue weighted by atomic mass is 10.2. The van der Waals surface area contributed by atoms with Gasteiger partial charge < -0.3 is 20.4 Å². The lowest BCUT2D eigenvalue weighted by Crippen LogP contribution is -2.13. The molecule has 33 heavy (non-hydrogen) atoms. The number of aliphatic hydroxyl groups is 1. The van der Waals surface area contributed by atoms with Gasteiger partial charge in [0.2, 0.25) is 9.84 Å². The van der Waals surface area contributed by atoms with E-state index in [0.29, 0.717) is 18.4 Å². The van der Waals surface area contributed by atoms with Gasteiger partial charge in [0.25, 0.3) is 0 Å². The van der Waals surface area contributed by atoms with E-state index in [0.717, 1.165) is 12.0 Å². The SMILES string of the molecule is C/C=C(\C)C(=O)O.CC/C=C(\C(=O)O)S(=O)(=O)c1ccc(C)cc1.CCC/C=C(\O)C(=O)O. The van der Waals surface area contributed by atoms with Crippen LogP contribution in [0.2, 0.25) is 0 Å². The minimum atomic E-state index is -3.92. The molecule has 1 rings (SSSR count). The van der Waals surface area contributed by atoms with E-state index in [4.69, 9.17) is 20.4 Å². The third-order valence-corrected chi connectivity index (χ3v) is 5.65. The smallest absolute Gasteiger partial charge is 0.370 e. The van der Waals surface area contributed by atoms with Crippen molar-refractivity contribution < 1.29 is 43.2 Å². The van der Waals surface area contributed by atoms with Gasteiger partial charge in [-0.1, -0.05) is 50.1 Å². The van der Waals surface area contributed by atoms with E-state index in [1.165, 1.54) is 24.3 Å². The molecule has 0 atom stereocenters. The van der Waals surface area contributed by atoms with Crippen LogP contribution in [0.4, 0.5) is 0 Å². The number of sulfone groups is 1. The van der Waals surface area contributed by atoms with E-state index in [9.17, 15) is 22.8 Å². The first-order valence-electron chi connectivity index (χ1n) is 9.99. The van der Waals surface area contributed by atoms with Gasteiger partial charge in [-0.25, -0.2) is 22.8 Å². The van der Waals surface area contributed by atoms with Crippen LogP contribution in [0.1, 0.15) is 52.5 Å². The molecule has 0 fully saturated rings. The zero-order valence-electron chi connectivity index (χ0n) is 19.4. The number of aliphatic hydroxyl groups excluding tert-OH is 1. The summed E-state index contributed by atoms with van der Waals surface area (Å²) in [5.41, 5.74) is 1.31. The van der Waals surface area contributed by atoms with Crippen molar-refractivity contribution in [3.05, 3.63) is 64.3 Å². The van der Waals surface area contributed by atoms with E-state index < -0.39 is 38.4 Å². The summed E-state index contributed by atoms with van der Waals surface area (Å²) in [5.74, 6) is -4.09. The minimum absolute atomic E-state index is 0.00481. The Morgan fingerprint density at radius 2 is 1.39 bits per heavy atom. The molecule has 4 N–H and O–H groups in total. The van der Waals surface area contributed by atoms with Crippen LogP contribution in [-0.4, -0.2) is 46.8 Å². The average molecular weight is 485 g/mol. The summed E-state index contributed by atoms with van der Waals surface area (Å²) < 4.78 is 24.1. The molecule has 0 bridgehead atoms. The highest BCUT2D eigenvalue weighted by Gasteiger charge is 2.25. The number of aliphatic carboxylic acids is 3. The van der Waals surface area contributed by atoms with Gasteiger partial charge in [-0.15, -0.1) is 0 Å². The minimum Gasteiger partial charge on any atom is -0.502 e. The van der Waals surface area contributed by atoms with Crippen LogP contribution < -0.4 is 0 Å². The summed E-state index contributed by atoms with van der Waals surface area (Å²) >= 11 is 0. The summed E-state index contributed by atoms with van der Waals surface area (Å²) in [6, 6.07) is 6.10. The third kappa shape index (κ3) is 12.9. The number of unbranched alkanes of at least 4 members (excludes halogenated alkanes) is 1. The predicted octanol–water partition coefficient (Wildman–Crippen LogP) is 4.50. The van der Waals surface area contributed by atoms with Gasteiger partial charge in [0, 0.05) is 5.57 Å². The number of benzene rings is 1. The number of hydrogen-bond acceptors (Lipinski definition) is 6. The molecule has 0 heterocycles. The molecule has 184 valence electrons. The Kier molecular flexibility index (Phi) is 15.7. The van der Waals surface area contributed by atoms with Crippen molar-refractivity contribution in [1.29, 1.82) is 0 Å². The Bertz CT molecular complexity index is 983. The van der Waals surface area contributed by atoms with Gasteiger partial charge in [-0.2, -0.15) is 0 Å². The first kappa shape index (κ1) is 31.8. The van der Waals surface area contributed by atoms with Crippen LogP contribution in [0.5, 0.6) is 0 Å². The Balaban J connectivity index is 0. The normalized spacial score (nSPS) is 12.0. The number of carboxylic acids is 3. The molecule has 0 aliphatic rings. The maximum absolute atomic E-state index is 12.0. The fourth-order valence-corrected chi connectivity index (χ4v) is 3.20. The molecule has 9 nitrogen and oxygen atoms in total. The van der Waals surface area contributed by atoms with Crippen molar-refractivity contribution in [3.8, 4) is 0 Å². The summed E-state index contributed by atoms with van der Waals surface area (Å²) in [6.07, 6.45) is 5.87. The molecule has 1 aromatic rings. The van der Waals surface area contributed by atoms with Gasteiger partial charge in [0.15, 0.2) is 10.7 Å². The fraction of sp³-hybridized carbons (Fsp3) is 0.348. The van der Waals surface area contributed by atoms with Crippen molar-refractivity contribution in [2.45, 2.75) is 58.8 Å². The van der Waals surface area contributed by atoms with Crippen molar-refractivity contribution >= 4 is 27.7 Å². The summed E-state index contributed by atoms with van der Waals surface area (Å²) in [6.45, 7) is 8.68. The molecule has 0 unspecified atom stereocenters. The van der Waals surface area contributed by atoms with Crippen LogP contribution in [0.25, 0.3) is 0 Å². The molecule has 0 aromatic heterocycles. The first-order valence-corrected chi connectivity index (χ1v) is 11.5. The van der Waals surface area contributed by atoms with Crippen molar-refractivity contribution in [2.75, 3.05) is 0 Å². The average Bonchev–Trinajstić information content (AvgIpc) is 2.75. The highest BCUT2D eigenvalue weighted by molar-refractivity contribution is 7.96. The molecule has 0 aliphatic heterocycles. The topological polar surface area (TPSA) is 166 Å². The van der Waals surface area contributed by atoms with Gasteiger partial charge in [0.1, 0.15) is 0 Å². The molecular weight excluding hydrogens is 452 g/mol. The molecule has 10 heteroatoms. The maximum atomic E-state index is 12.0. The van der Waals surface area contributed by atoms with Gasteiger partial charge in [-0.3, -0.25) is 0 Å². The highest BCUT2D eigenvalue weighted by Crippen LogP contribution is 2.20. The van der Waals surface area contributed by atoms with Crippen LogP contribution in [0.3, 0.4) is 0 Å². The molecule has 0 spiro atoms. The summed E-state index contributed by atoms with van der Waals surface area (Å²) in [4.78, 5) is 30.1. The van der Waals surface area contributed by atoms with E-state index >= 15 is 0 Å². The van der Waals surface area contributed by atoms with Crippen molar-refractivity contribution in [2.24, 2.45) is 0 Å².